The van der Waals surface area contributed by atoms with Gasteiger partial charge in [-0.2, -0.15) is 0 Å². The van der Waals surface area contributed by atoms with Crippen molar-refractivity contribution in [1.82, 2.24) is 4.90 Å². The van der Waals surface area contributed by atoms with Crippen LogP contribution in [0.3, 0.4) is 0 Å². The van der Waals surface area contributed by atoms with Gasteiger partial charge in [0.2, 0.25) is 0 Å². The van der Waals surface area contributed by atoms with E-state index in [4.69, 9.17) is 19.9 Å². The molecule has 17 heavy (non-hydrogen) atoms. The molecular weight excluding hydrogens is 220 g/mol. The number of nitrogens with two attached hydrogens (primary N) is 1. The molecule has 5 heteroatoms. The van der Waals surface area contributed by atoms with Crippen LogP contribution < -0.4 is 5.73 Å². The molecule has 1 unspecified atom stereocenters. The average Bonchev–Trinajstić information content (AvgIpc) is 2.29. The maximum Gasteiger partial charge on any atom is 0.0626 e. The molecule has 0 saturated carbocycles. The van der Waals surface area contributed by atoms with Gasteiger partial charge in [-0.15, -0.1) is 0 Å². The molecule has 0 spiro atoms. The van der Waals surface area contributed by atoms with Crippen molar-refractivity contribution in [3.63, 3.8) is 0 Å². The highest BCUT2D eigenvalue weighted by Gasteiger charge is 2.10. The minimum absolute atomic E-state index is 0.0447. The minimum atomic E-state index is 0.0447. The van der Waals surface area contributed by atoms with E-state index in [0.29, 0.717) is 6.61 Å². The molecule has 0 aliphatic rings. The van der Waals surface area contributed by atoms with Gasteiger partial charge in [-0.1, -0.05) is 0 Å². The standard InChI is InChI=1S/C12H28N2O3/c1-4-16-8-6-14(7-9-17-5-2)10-12(13)11-15-3/h12H,4-11,13H2,1-3H3. The van der Waals surface area contributed by atoms with Crippen molar-refractivity contribution in [1.29, 1.82) is 0 Å². The molecule has 0 aromatic rings. The maximum atomic E-state index is 5.95. The van der Waals surface area contributed by atoms with Gasteiger partial charge < -0.3 is 19.9 Å². The molecule has 0 radical (unpaired) electrons. The molecule has 0 aliphatic heterocycles. The minimum Gasteiger partial charge on any atom is -0.383 e. The molecule has 0 fully saturated rings. The summed E-state index contributed by atoms with van der Waals surface area (Å²) in [4.78, 5) is 2.26. The van der Waals surface area contributed by atoms with E-state index in [1.54, 1.807) is 7.11 Å². The van der Waals surface area contributed by atoms with E-state index in [-0.39, 0.29) is 6.04 Å². The van der Waals surface area contributed by atoms with Crippen LogP contribution in [0, 0.1) is 0 Å². The molecule has 0 rings (SSSR count). The Bertz CT molecular complexity index is 149. The summed E-state index contributed by atoms with van der Waals surface area (Å²) in [6, 6.07) is 0.0447. The van der Waals surface area contributed by atoms with Crippen molar-refractivity contribution < 1.29 is 14.2 Å². The Labute approximate surface area is 105 Å². The Morgan fingerprint density at radius 2 is 1.59 bits per heavy atom. The summed E-state index contributed by atoms with van der Waals surface area (Å²) < 4.78 is 15.8. The summed E-state index contributed by atoms with van der Waals surface area (Å²) in [5.41, 5.74) is 5.95. The van der Waals surface area contributed by atoms with Gasteiger partial charge in [-0.25, -0.2) is 0 Å². The van der Waals surface area contributed by atoms with Crippen LogP contribution in [-0.4, -0.2) is 70.7 Å². The van der Waals surface area contributed by atoms with Gasteiger partial charge in [0.1, 0.15) is 0 Å². The van der Waals surface area contributed by atoms with E-state index in [2.05, 4.69) is 4.90 Å². The van der Waals surface area contributed by atoms with Gasteiger partial charge in [-0.05, 0) is 13.8 Å². The summed E-state index contributed by atoms with van der Waals surface area (Å²) >= 11 is 0. The quantitative estimate of drug-likeness (QED) is 0.505. The Balaban J connectivity index is 3.82. The number of nitrogens with zero attached hydrogens (tertiary/aromatic N) is 1. The van der Waals surface area contributed by atoms with Crippen molar-refractivity contribution in [2.24, 2.45) is 5.73 Å². The van der Waals surface area contributed by atoms with Crippen LogP contribution in [0.1, 0.15) is 13.8 Å². The molecule has 0 aromatic carbocycles. The third-order valence-corrected chi connectivity index (χ3v) is 2.39. The first kappa shape index (κ1) is 16.8. The zero-order valence-corrected chi connectivity index (χ0v) is 11.5. The van der Waals surface area contributed by atoms with Crippen molar-refractivity contribution in [3.8, 4) is 0 Å². The first-order valence-electron chi connectivity index (χ1n) is 6.36. The van der Waals surface area contributed by atoms with Gasteiger partial charge in [0, 0.05) is 46.0 Å². The highest BCUT2D eigenvalue weighted by Crippen LogP contribution is 1.93. The highest BCUT2D eigenvalue weighted by atomic mass is 16.5. The van der Waals surface area contributed by atoms with Gasteiger partial charge >= 0.3 is 0 Å². The first-order chi connectivity index (χ1) is 8.24. The normalized spacial score (nSPS) is 13.2. The van der Waals surface area contributed by atoms with E-state index in [1.807, 2.05) is 13.8 Å². The third kappa shape index (κ3) is 10.7. The number of rotatable bonds is 12. The van der Waals surface area contributed by atoms with Crippen LogP contribution in [0.25, 0.3) is 0 Å². The molecular formula is C12H28N2O3. The highest BCUT2D eigenvalue weighted by molar-refractivity contribution is 4.67. The third-order valence-electron chi connectivity index (χ3n) is 2.39. The average molecular weight is 248 g/mol. The summed E-state index contributed by atoms with van der Waals surface area (Å²) in [5, 5.41) is 0. The van der Waals surface area contributed by atoms with E-state index in [1.165, 1.54) is 0 Å². The van der Waals surface area contributed by atoms with Crippen molar-refractivity contribution in [2.75, 3.05) is 59.8 Å². The molecule has 0 heterocycles. The van der Waals surface area contributed by atoms with Gasteiger partial charge in [0.15, 0.2) is 0 Å². The van der Waals surface area contributed by atoms with Crippen LogP contribution in [0.15, 0.2) is 0 Å². The number of hydrogen-bond donors (Lipinski definition) is 1. The Morgan fingerprint density at radius 3 is 2.00 bits per heavy atom. The zero-order chi connectivity index (χ0) is 12.9. The maximum absolute atomic E-state index is 5.95. The lowest BCUT2D eigenvalue weighted by molar-refractivity contribution is 0.0734. The monoisotopic (exact) mass is 248 g/mol. The molecule has 0 aliphatic carbocycles. The molecule has 0 saturated heterocycles. The van der Waals surface area contributed by atoms with Crippen LogP contribution in [0.5, 0.6) is 0 Å². The van der Waals surface area contributed by atoms with Gasteiger partial charge in [0.25, 0.3) is 0 Å². The first-order valence-corrected chi connectivity index (χ1v) is 6.36. The van der Waals surface area contributed by atoms with Crippen LogP contribution in [0.4, 0.5) is 0 Å². The number of hydrogen-bond acceptors (Lipinski definition) is 5. The Hall–Kier alpha value is -0.200. The van der Waals surface area contributed by atoms with E-state index >= 15 is 0 Å². The fourth-order valence-electron chi connectivity index (χ4n) is 1.57. The van der Waals surface area contributed by atoms with Crippen LogP contribution in [-0.2, 0) is 14.2 Å². The molecule has 2 N–H and O–H groups in total. The Morgan fingerprint density at radius 1 is 1.06 bits per heavy atom. The molecule has 1 atom stereocenters. The van der Waals surface area contributed by atoms with E-state index < -0.39 is 0 Å². The lowest BCUT2D eigenvalue weighted by Gasteiger charge is -2.25. The predicted octanol–water partition coefficient (Wildman–Crippen LogP) is 0.335. The lowest BCUT2D eigenvalue weighted by atomic mass is 10.3. The SMILES string of the molecule is CCOCCN(CCOCC)CC(N)COC. The lowest BCUT2D eigenvalue weighted by Crippen LogP contribution is -2.43. The predicted molar refractivity (Wildman–Crippen MR) is 69.3 cm³/mol. The smallest absolute Gasteiger partial charge is 0.0626 e. The topological polar surface area (TPSA) is 57.0 Å². The van der Waals surface area contributed by atoms with Crippen molar-refractivity contribution in [2.45, 2.75) is 19.9 Å². The summed E-state index contributed by atoms with van der Waals surface area (Å²) in [5.74, 6) is 0. The second kappa shape index (κ2) is 12.3. The van der Waals surface area contributed by atoms with Crippen molar-refractivity contribution >= 4 is 0 Å². The van der Waals surface area contributed by atoms with E-state index in [0.717, 1.165) is 46.1 Å². The summed E-state index contributed by atoms with van der Waals surface area (Å²) in [6.07, 6.45) is 0. The molecule has 0 aromatic heterocycles. The second-order valence-corrected chi connectivity index (χ2v) is 3.91. The fourth-order valence-corrected chi connectivity index (χ4v) is 1.57. The molecule has 104 valence electrons. The Kier molecular flexibility index (Phi) is 12.1. The van der Waals surface area contributed by atoms with Crippen LogP contribution in [0.2, 0.25) is 0 Å². The fraction of sp³-hybridized carbons (Fsp3) is 1.00. The summed E-state index contributed by atoms with van der Waals surface area (Å²) in [7, 11) is 1.67. The molecule has 0 amide bonds. The second-order valence-electron chi connectivity index (χ2n) is 3.91. The zero-order valence-electron chi connectivity index (χ0n) is 11.5. The van der Waals surface area contributed by atoms with Gasteiger partial charge in [0.05, 0.1) is 19.8 Å². The van der Waals surface area contributed by atoms with Crippen LogP contribution >= 0.6 is 0 Å². The number of methoxy groups -OCH3 is 1. The van der Waals surface area contributed by atoms with Crippen molar-refractivity contribution in [3.05, 3.63) is 0 Å². The number of ether oxygens (including phenoxy) is 3. The summed E-state index contributed by atoms with van der Waals surface area (Å²) in [6.45, 7) is 10.2. The molecule has 0 bridgehead atoms. The molecule has 5 nitrogen and oxygen atoms in total. The van der Waals surface area contributed by atoms with E-state index in [9.17, 15) is 0 Å². The van der Waals surface area contributed by atoms with Gasteiger partial charge in [-0.3, -0.25) is 4.90 Å². The largest absolute Gasteiger partial charge is 0.383 e.